The summed E-state index contributed by atoms with van der Waals surface area (Å²) in [6.07, 6.45) is 2.94. The van der Waals surface area contributed by atoms with Gasteiger partial charge in [-0.15, -0.1) is 10.2 Å². The van der Waals surface area contributed by atoms with Gasteiger partial charge in [0, 0.05) is 25.7 Å². The first kappa shape index (κ1) is 24.0. The van der Waals surface area contributed by atoms with Crippen LogP contribution in [0.5, 0.6) is 0 Å². The molecule has 2 aromatic heterocycles. The number of aromatic nitrogens is 4. The van der Waals surface area contributed by atoms with Crippen molar-refractivity contribution in [2.24, 2.45) is 0 Å². The van der Waals surface area contributed by atoms with Crippen molar-refractivity contribution >= 4 is 29.2 Å². The molecule has 1 aromatic carbocycles. The number of nitrogens with zero attached hydrogens (tertiary/aromatic N) is 4. The van der Waals surface area contributed by atoms with Crippen LogP contribution in [-0.2, 0) is 24.3 Å². The molecule has 2 amide bonds. The molecule has 0 saturated carbocycles. The summed E-state index contributed by atoms with van der Waals surface area (Å²) in [4.78, 5) is 39.7. The predicted molar refractivity (Wildman–Crippen MR) is 121 cm³/mol. The Bertz CT molecular complexity index is 1120. The molecule has 0 aliphatic rings. The fourth-order valence-electron chi connectivity index (χ4n) is 2.78. The van der Waals surface area contributed by atoms with Crippen molar-refractivity contribution in [2.45, 2.75) is 32.4 Å². The van der Waals surface area contributed by atoms with E-state index in [4.69, 9.17) is 9.84 Å². The second-order valence-corrected chi connectivity index (χ2v) is 7.98. The lowest BCUT2D eigenvalue weighted by molar-refractivity contribution is 0.0943. The molecule has 0 radical (unpaired) electrons. The lowest BCUT2D eigenvalue weighted by Crippen LogP contribution is -2.26. The number of rotatable bonds is 11. The Morgan fingerprint density at radius 3 is 2.70 bits per heavy atom. The minimum atomic E-state index is -0.690. The van der Waals surface area contributed by atoms with Crippen molar-refractivity contribution in [3.63, 3.8) is 0 Å². The molecular weight excluding hydrogens is 448 g/mol. The summed E-state index contributed by atoms with van der Waals surface area (Å²) >= 11 is 1.20. The van der Waals surface area contributed by atoms with Crippen molar-refractivity contribution in [1.82, 2.24) is 25.1 Å². The van der Waals surface area contributed by atoms with Gasteiger partial charge in [0.2, 0.25) is 5.01 Å². The number of hydrogen-bond acceptors (Lipinski definition) is 9. The average Bonchev–Trinajstić information content (AvgIpc) is 3.30. The van der Waals surface area contributed by atoms with Crippen LogP contribution in [0.25, 0.3) is 0 Å². The number of amides is 2. The number of carbonyl (C=O) groups excluding carboxylic acids is 2. The van der Waals surface area contributed by atoms with E-state index in [0.717, 1.165) is 17.0 Å². The number of hydrogen-bond donors (Lipinski definition) is 3. The molecule has 3 N–H and O–H groups in total. The highest BCUT2D eigenvalue weighted by Crippen LogP contribution is 2.13. The first-order chi connectivity index (χ1) is 16.0. The van der Waals surface area contributed by atoms with Crippen LogP contribution in [0.3, 0.4) is 0 Å². The SMILES string of the molecule is O=C(Nc1ccn(CCCCc2nnc(C(=O)NCCO)s2)c(=O)n1)OCc1ccccc1. The van der Waals surface area contributed by atoms with E-state index in [1.165, 1.54) is 22.0 Å². The van der Waals surface area contributed by atoms with E-state index < -0.39 is 11.8 Å². The summed E-state index contributed by atoms with van der Waals surface area (Å²) < 4.78 is 6.57. The molecule has 33 heavy (non-hydrogen) atoms. The Hall–Kier alpha value is -3.64. The van der Waals surface area contributed by atoms with Gasteiger partial charge in [0.25, 0.3) is 5.91 Å². The molecule has 0 aliphatic carbocycles. The first-order valence-corrected chi connectivity index (χ1v) is 11.1. The monoisotopic (exact) mass is 472 g/mol. The van der Waals surface area contributed by atoms with Gasteiger partial charge < -0.3 is 15.2 Å². The lowest BCUT2D eigenvalue weighted by atomic mass is 10.2. The topological polar surface area (TPSA) is 148 Å². The van der Waals surface area contributed by atoms with Crippen LogP contribution in [0.1, 0.15) is 33.2 Å². The number of unbranched alkanes of at least 4 members (excludes halogenated alkanes) is 1. The normalized spacial score (nSPS) is 10.6. The maximum atomic E-state index is 12.2. The molecule has 11 nitrogen and oxygen atoms in total. The van der Waals surface area contributed by atoms with Crippen LogP contribution in [0.2, 0.25) is 0 Å². The van der Waals surface area contributed by atoms with Gasteiger partial charge in [-0.3, -0.25) is 14.7 Å². The van der Waals surface area contributed by atoms with Gasteiger partial charge in [0.1, 0.15) is 17.4 Å². The quantitative estimate of drug-likeness (QED) is 0.356. The van der Waals surface area contributed by atoms with Crippen LogP contribution in [0.15, 0.2) is 47.4 Å². The summed E-state index contributed by atoms with van der Waals surface area (Å²) in [6, 6.07) is 10.8. The Labute approximate surface area is 193 Å². The largest absolute Gasteiger partial charge is 0.444 e. The molecule has 0 fully saturated rings. The molecule has 3 rings (SSSR count). The standard InChI is InChI=1S/C21H24N6O5S/c28-13-10-22-18(29)19-26-25-17(33-19)8-4-5-11-27-12-9-16(23-20(27)30)24-21(31)32-14-15-6-2-1-3-7-15/h1-3,6-7,9,12,28H,4-5,8,10-11,13-14H2,(H,22,29)(H,23,24,30,31). The highest BCUT2D eigenvalue weighted by molar-refractivity contribution is 7.13. The van der Waals surface area contributed by atoms with E-state index in [9.17, 15) is 14.4 Å². The van der Waals surface area contributed by atoms with E-state index in [1.54, 1.807) is 6.20 Å². The molecule has 0 bridgehead atoms. The second kappa shape index (κ2) is 12.4. The van der Waals surface area contributed by atoms with Crippen LogP contribution < -0.4 is 16.3 Å². The van der Waals surface area contributed by atoms with Gasteiger partial charge in [-0.1, -0.05) is 41.7 Å². The number of carbonyl (C=O) groups is 2. The number of aryl methyl sites for hydroxylation is 2. The molecule has 0 spiro atoms. The van der Waals surface area contributed by atoms with E-state index in [0.29, 0.717) is 19.4 Å². The van der Waals surface area contributed by atoms with Crippen LogP contribution >= 0.6 is 11.3 Å². The third-order valence-corrected chi connectivity index (χ3v) is 5.40. The number of anilines is 1. The van der Waals surface area contributed by atoms with Gasteiger partial charge in [-0.25, -0.2) is 9.59 Å². The number of benzene rings is 1. The first-order valence-electron chi connectivity index (χ1n) is 10.3. The summed E-state index contributed by atoms with van der Waals surface area (Å²) in [5, 5.41) is 22.5. The minimum absolute atomic E-state index is 0.118. The van der Waals surface area contributed by atoms with Crippen LogP contribution in [-0.4, -0.2) is 50.0 Å². The van der Waals surface area contributed by atoms with Gasteiger partial charge in [0.15, 0.2) is 0 Å². The van der Waals surface area contributed by atoms with Crippen molar-refractivity contribution in [2.75, 3.05) is 18.5 Å². The zero-order valence-electron chi connectivity index (χ0n) is 17.8. The zero-order chi connectivity index (χ0) is 23.5. The number of ether oxygens (including phenoxy) is 1. The van der Waals surface area contributed by atoms with Crippen molar-refractivity contribution in [1.29, 1.82) is 0 Å². The molecule has 174 valence electrons. The third kappa shape index (κ3) is 7.77. The lowest BCUT2D eigenvalue weighted by Gasteiger charge is -2.08. The van der Waals surface area contributed by atoms with E-state index in [2.05, 4.69) is 25.8 Å². The average molecular weight is 473 g/mol. The predicted octanol–water partition coefficient (Wildman–Crippen LogP) is 1.59. The van der Waals surface area contributed by atoms with Crippen LogP contribution in [0, 0.1) is 0 Å². The third-order valence-electron chi connectivity index (χ3n) is 4.42. The highest BCUT2D eigenvalue weighted by Gasteiger charge is 2.12. The number of nitrogens with one attached hydrogen (secondary N) is 2. The van der Waals surface area contributed by atoms with Gasteiger partial charge in [-0.2, -0.15) is 4.98 Å². The Balaban J connectivity index is 1.40. The zero-order valence-corrected chi connectivity index (χ0v) is 18.6. The number of aliphatic hydroxyl groups is 1. The fraction of sp³-hybridized carbons (Fsp3) is 0.333. The maximum Gasteiger partial charge on any atom is 0.413 e. The summed E-state index contributed by atoms with van der Waals surface area (Å²) in [5.74, 6) is -0.238. The van der Waals surface area contributed by atoms with E-state index in [1.807, 2.05) is 30.3 Å². The Kier molecular flexibility index (Phi) is 9.03. The Morgan fingerprint density at radius 2 is 1.94 bits per heavy atom. The molecule has 3 aromatic rings. The second-order valence-electron chi connectivity index (χ2n) is 6.91. The minimum Gasteiger partial charge on any atom is -0.444 e. The van der Waals surface area contributed by atoms with Gasteiger partial charge in [-0.05, 0) is 24.5 Å². The molecule has 0 atom stereocenters. The molecule has 2 heterocycles. The van der Waals surface area contributed by atoms with Gasteiger partial charge in [0.05, 0.1) is 6.61 Å². The van der Waals surface area contributed by atoms with Crippen LogP contribution in [0.4, 0.5) is 10.6 Å². The van der Waals surface area contributed by atoms with Crippen molar-refractivity contribution in [3.05, 3.63) is 68.7 Å². The molecule has 12 heteroatoms. The Morgan fingerprint density at radius 1 is 1.12 bits per heavy atom. The highest BCUT2D eigenvalue weighted by atomic mass is 32.1. The molecular formula is C21H24N6O5S. The fourth-order valence-corrected chi connectivity index (χ4v) is 3.58. The summed E-state index contributed by atoms with van der Waals surface area (Å²) in [7, 11) is 0. The molecule has 0 saturated heterocycles. The molecule has 0 unspecified atom stereocenters. The smallest absolute Gasteiger partial charge is 0.413 e. The van der Waals surface area contributed by atoms with Crippen molar-refractivity contribution < 1.29 is 19.4 Å². The van der Waals surface area contributed by atoms with Gasteiger partial charge >= 0.3 is 11.8 Å². The van der Waals surface area contributed by atoms with Crippen molar-refractivity contribution in [3.8, 4) is 0 Å². The van der Waals surface area contributed by atoms with E-state index in [-0.39, 0.29) is 36.5 Å². The number of aliphatic hydroxyl groups excluding tert-OH is 1. The maximum absolute atomic E-state index is 12.2. The molecule has 0 aliphatic heterocycles. The summed E-state index contributed by atoms with van der Waals surface area (Å²) in [5.41, 5.74) is 0.375. The summed E-state index contributed by atoms with van der Waals surface area (Å²) in [6.45, 7) is 0.598. The van der Waals surface area contributed by atoms with E-state index >= 15 is 0 Å².